The van der Waals surface area contributed by atoms with Crippen LogP contribution in [0.2, 0.25) is 0 Å². The zero-order valence-corrected chi connectivity index (χ0v) is 13.9. The quantitative estimate of drug-likeness (QED) is 0.814. The highest BCUT2D eigenvalue weighted by atomic mass is 79.9. The lowest BCUT2D eigenvalue weighted by Crippen LogP contribution is -2.31. The first kappa shape index (κ1) is 15.7. The topological polar surface area (TPSA) is 55.1 Å². The van der Waals surface area contributed by atoms with Crippen molar-refractivity contribution in [1.82, 2.24) is 0 Å². The molecule has 0 spiro atoms. The molecule has 2 aromatic carbocycles. The zero-order valence-electron chi connectivity index (χ0n) is 11.5. The summed E-state index contributed by atoms with van der Waals surface area (Å²) in [6.45, 7) is 1.93. The van der Waals surface area contributed by atoms with Crippen LogP contribution in [0.25, 0.3) is 0 Å². The molecule has 0 heterocycles. The third kappa shape index (κ3) is 3.68. The molecule has 0 radical (unpaired) electrons. The van der Waals surface area contributed by atoms with Gasteiger partial charge in [0.2, 0.25) is 5.91 Å². The van der Waals surface area contributed by atoms with Gasteiger partial charge in [0.05, 0.1) is 4.99 Å². The lowest BCUT2D eigenvalue weighted by atomic mass is 9.98. The molecule has 0 aliphatic rings. The van der Waals surface area contributed by atoms with E-state index >= 15 is 0 Å². The Balaban J connectivity index is 2.28. The third-order valence-corrected chi connectivity index (χ3v) is 4.30. The molecule has 1 atom stereocenters. The first-order valence-corrected chi connectivity index (χ1v) is 7.61. The van der Waals surface area contributed by atoms with Crippen LogP contribution in [-0.4, -0.2) is 10.9 Å². The van der Waals surface area contributed by atoms with Gasteiger partial charge in [-0.1, -0.05) is 64.5 Å². The molecule has 0 bridgehead atoms. The number of carbonyl (C=O) groups excluding carboxylic acids is 1. The summed E-state index contributed by atoms with van der Waals surface area (Å²) in [7, 11) is 0. The SMILES string of the molecule is Cc1c(Br)cccc1NC(=O)C(C(N)=S)c1ccccc1. The second kappa shape index (κ2) is 6.83. The summed E-state index contributed by atoms with van der Waals surface area (Å²) >= 11 is 8.50. The molecule has 108 valence electrons. The van der Waals surface area contributed by atoms with Crippen LogP contribution in [0.3, 0.4) is 0 Å². The maximum Gasteiger partial charge on any atom is 0.238 e. The van der Waals surface area contributed by atoms with Crippen LogP contribution >= 0.6 is 28.1 Å². The number of hydrogen-bond donors (Lipinski definition) is 2. The van der Waals surface area contributed by atoms with E-state index in [-0.39, 0.29) is 10.9 Å². The Labute approximate surface area is 137 Å². The molecule has 0 saturated heterocycles. The lowest BCUT2D eigenvalue weighted by molar-refractivity contribution is -0.116. The summed E-state index contributed by atoms with van der Waals surface area (Å²) in [5.74, 6) is -0.866. The molecular weight excluding hydrogens is 348 g/mol. The highest BCUT2D eigenvalue weighted by Crippen LogP contribution is 2.25. The predicted molar refractivity (Wildman–Crippen MR) is 93.5 cm³/mol. The zero-order chi connectivity index (χ0) is 15.4. The first-order valence-electron chi connectivity index (χ1n) is 6.41. The van der Waals surface area contributed by atoms with Gasteiger partial charge in [0.25, 0.3) is 0 Å². The number of nitrogens with two attached hydrogens (primary N) is 1. The van der Waals surface area contributed by atoms with Gasteiger partial charge in [0, 0.05) is 10.2 Å². The van der Waals surface area contributed by atoms with Gasteiger partial charge < -0.3 is 11.1 Å². The molecule has 0 saturated carbocycles. The van der Waals surface area contributed by atoms with E-state index in [4.69, 9.17) is 18.0 Å². The van der Waals surface area contributed by atoms with E-state index in [0.717, 1.165) is 21.3 Å². The number of anilines is 1. The van der Waals surface area contributed by atoms with Gasteiger partial charge in [-0.3, -0.25) is 4.79 Å². The van der Waals surface area contributed by atoms with Gasteiger partial charge in [-0.15, -0.1) is 0 Å². The smallest absolute Gasteiger partial charge is 0.238 e. The van der Waals surface area contributed by atoms with E-state index in [0.29, 0.717) is 0 Å². The number of amides is 1. The molecule has 0 aromatic heterocycles. The monoisotopic (exact) mass is 362 g/mol. The summed E-state index contributed by atoms with van der Waals surface area (Å²) in [6, 6.07) is 14.9. The fourth-order valence-electron chi connectivity index (χ4n) is 2.04. The Morgan fingerprint density at radius 2 is 1.86 bits per heavy atom. The molecular formula is C16H15BrN2OS. The summed E-state index contributed by atoms with van der Waals surface area (Å²) in [5.41, 5.74) is 8.24. The minimum absolute atomic E-state index is 0.159. The first-order chi connectivity index (χ1) is 10.0. The second-order valence-corrected chi connectivity index (χ2v) is 5.97. The Hall–Kier alpha value is -1.72. The molecule has 2 rings (SSSR count). The lowest BCUT2D eigenvalue weighted by Gasteiger charge is -2.17. The normalized spacial score (nSPS) is 11.7. The fourth-order valence-corrected chi connectivity index (χ4v) is 2.65. The van der Waals surface area contributed by atoms with Crippen LogP contribution in [0.15, 0.2) is 53.0 Å². The van der Waals surface area contributed by atoms with Gasteiger partial charge >= 0.3 is 0 Å². The van der Waals surface area contributed by atoms with Crippen LogP contribution < -0.4 is 11.1 Å². The van der Waals surface area contributed by atoms with Gasteiger partial charge in [-0.25, -0.2) is 0 Å². The average Bonchev–Trinajstić information content (AvgIpc) is 2.45. The van der Waals surface area contributed by atoms with E-state index in [2.05, 4.69) is 21.2 Å². The van der Waals surface area contributed by atoms with E-state index in [9.17, 15) is 4.79 Å². The van der Waals surface area contributed by atoms with Crippen molar-refractivity contribution in [2.75, 3.05) is 5.32 Å². The molecule has 3 nitrogen and oxygen atoms in total. The highest BCUT2D eigenvalue weighted by Gasteiger charge is 2.23. The molecule has 0 aliphatic heterocycles. The van der Waals surface area contributed by atoms with Crippen molar-refractivity contribution in [2.45, 2.75) is 12.8 Å². The van der Waals surface area contributed by atoms with Crippen molar-refractivity contribution in [3.8, 4) is 0 Å². The van der Waals surface area contributed by atoms with E-state index in [1.54, 1.807) is 0 Å². The summed E-state index contributed by atoms with van der Waals surface area (Å²) < 4.78 is 0.937. The summed E-state index contributed by atoms with van der Waals surface area (Å²) in [6.07, 6.45) is 0. The van der Waals surface area contributed by atoms with Crippen LogP contribution in [0.5, 0.6) is 0 Å². The molecule has 1 amide bonds. The number of thiocarbonyl (C=S) groups is 1. The van der Waals surface area contributed by atoms with Crippen LogP contribution in [-0.2, 0) is 4.79 Å². The van der Waals surface area contributed by atoms with Crippen molar-refractivity contribution < 1.29 is 4.79 Å². The molecule has 21 heavy (non-hydrogen) atoms. The molecule has 1 unspecified atom stereocenters. The molecule has 3 N–H and O–H groups in total. The molecule has 0 fully saturated rings. The number of halogens is 1. The Morgan fingerprint density at radius 3 is 2.48 bits per heavy atom. The van der Waals surface area contributed by atoms with Crippen LogP contribution in [0.1, 0.15) is 17.0 Å². The van der Waals surface area contributed by atoms with Crippen molar-refractivity contribution >= 4 is 44.7 Å². The Bertz CT molecular complexity index is 673. The number of rotatable bonds is 4. The summed E-state index contributed by atoms with van der Waals surface area (Å²) in [5, 5.41) is 2.89. The van der Waals surface area contributed by atoms with Gasteiger partial charge in [-0.2, -0.15) is 0 Å². The Morgan fingerprint density at radius 1 is 1.19 bits per heavy atom. The minimum atomic E-state index is -0.639. The summed E-state index contributed by atoms with van der Waals surface area (Å²) in [4.78, 5) is 12.7. The molecule has 0 aliphatic carbocycles. The fraction of sp³-hybridized carbons (Fsp3) is 0.125. The standard InChI is InChI=1S/C16H15BrN2OS/c1-10-12(17)8-5-9-13(10)19-16(20)14(15(18)21)11-6-3-2-4-7-11/h2-9,14H,1H3,(H2,18,21)(H,19,20). The predicted octanol–water partition coefficient (Wildman–Crippen LogP) is 3.77. The number of hydrogen-bond acceptors (Lipinski definition) is 2. The third-order valence-electron chi connectivity index (χ3n) is 3.21. The minimum Gasteiger partial charge on any atom is -0.392 e. The Kier molecular flexibility index (Phi) is 5.09. The van der Waals surface area contributed by atoms with E-state index in [1.807, 2.05) is 55.5 Å². The van der Waals surface area contributed by atoms with Crippen LogP contribution in [0.4, 0.5) is 5.69 Å². The van der Waals surface area contributed by atoms with E-state index < -0.39 is 5.92 Å². The average molecular weight is 363 g/mol. The van der Waals surface area contributed by atoms with Crippen molar-refractivity contribution in [3.05, 3.63) is 64.1 Å². The van der Waals surface area contributed by atoms with E-state index in [1.165, 1.54) is 0 Å². The van der Waals surface area contributed by atoms with Gasteiger partial charge in [0.15, 0.2) is 0 Å². The van der Waals surface area contributed by atoms with Crippen molar-refractivity contribution in [2.24, 2.45) is 5.73 Å². The largest absolute Gasteiger partial charge is 0.392 e. The molecule has 5 heteroatoms. The maximum absolute atomic E-state index is 12.5. The van der Waals surface area contributed by atoms with Crippen LogP contribution in [0, 0.1) is 6.92 Å². The maximum atomic E-state index is 12.5. The van der Waals surface area contributed by atoms with Gasteiger partial charge in [0.1, 0.15) is 5.92 Å². The number of benzene rings is 2. The number of carbonyl (C=O) groups is 1. The second-order valence-electron chi connectivity index (χ2n) is 4.65. The highest BCUT2D eigenvalue weighted by molar-refractivity contribution is 9.10. The van der Waals surface area contributed by atoms with Crippen molar-refractivity contribution in [1.29, 1.82) is 0 Å². The van der Waals surface area contributed by atoms with Gasteiger partial charge in [-0.05, 0) is 30.2 Å². The van der Waals surface area contributed by atoms with Crippen molar-refractivity contribution in [3.63, 3.8) is 0 Å². The molecule has 2 aromatic rings. The number of nitrogens with one attached hydrogen (secondary N) is 1.